The van der Waals surface area contributed by atoms with Crippen LogP contribution in [0.2, 0.25) is 0 Å². The highest BCUT2D eigenvalue weighted by atomic mass is 19.2. The van der Waals surface area contributed by atoms with E-state index in [2.05, 4.69) is 9.97 Å². The SMILES string of the molecule is O=C(Cc1ccc(F)c(F)c1)N1CCCC1c1nc2ccc(F)cc2[nH]1. The molecule has 26 heavy (non-hydrogen) atoms. The van der Waals surface area contributed by atoms with Crippen LogP contribution in [-0.2, 0) is 11.2 Å². The Balaban J connectivity index is 1.56. The first-order valence-corrected chi connectivity index (χ1v) is 8.40. The van der Waals surface area contributed by atoms with Crippen LogP contribution in [0.4, 0.5) is 13.2 Å². The molecule has 1 amide bonds. The molecule has 0 aliphatic carbocycles. The highest BCUT2D eigenvalue weighted by molar-refractivity contribution is 5.80. The van der Waals surface area contributed by atoms with Crippen molar-refractivity contribution in [3.63, 3.8) is 0 Å². The number of hydrogen-bond donors (Lipinski definition) is 1. The normalized spacial score (nSPS) is 17.2. The third-order valence-electron chi connectivity index (χ3n) is 4.69. The van der Waals surface area contributed by atoms with Gasteiger partial charge in [-0.2, -0.15) is 0 Å². The number of nitrogens with one attached hydrogen (secondary N) is 1. The van der Waals surface area contributed by atoms with Crippen molar-refractivity contribution < 1.29 is 18.0 Å². The number of rotatable bonds is 3. The highest BCUT2D eigenvalue weighted by Crippen LogP contribution is 2.32. The van der Waals surface area contributed by atoms with Crippen molar-refractivity contribution in [2.24, 2.45) is 0 Å². The highest BCUT2D eigenvalue weighted by Gasteiger charge is 2.32. The number of amides is 1. The maximum atomic E-state index is 13.4. The second-order valence-electron chi connectivity index (χ2n) is 6.45. The molecule has 0 bridgehead atoms. The van der Waals surface area contributed by atoms with E-state index in [1.54, 1.807) is 11.0 Å². The van der Waals surface area contributed by atoms with Gasteiger partial charge in [-0.25, -0.2) is 18.2 Å². The van der Waals surface area contributed by atoms with Gasteiger partial charge in [-0.05, 0) is 48.7 Å². The Morgan fingerprint density at radius 3 is 2.81 bits per heavy atom. The number of hydrogen-bond acceptors (Lipinski definition) is 2. The largest absolute Gasteiger partial charge is 0.340 e. The minimum Gasteiger partial charge on any atom is -0.340 e. The third-order valence-corrected chi connectivity index (χ3v) is 4.69. The molecule has 1 aliphatic rings. The molecule has 0 saturated carbocycles. The minimum atomic E-state index is -0.965. The van der Waals surface area contributed by atoms with E-state index in [-0.39, 0.29) is 24.2 Å². The predicted molar refractivity (Wildman–Crippen MR) is 89.8 cm³/mol. The Labute approximate surface area is 147 Å². The van der Waals surface area contributed by atoms with Gasteiger partial charge in [-0.15, -0.1) is 0 Å². The van der Waals surface area contributed by atoms with Crippen molar-refractivity contribution in [1.82, 2.24) is 14.9 Å². The van der Waals surface area contributed by atoms with Gasteiger partial charge in [-0.3, -0.25) is 4.79 Å². The summed E-state index contributed by atoms with van der Waals surface area (Å²) in [5, 5.41) is 0. The molecule has 1 atom stereocenters. The fraction of sp³-hybridized carbons (Fsp3) is 0.263. The number of aromatic amines is 1. The molecule has 134 valence electrons. The first-order valence-electron chi connectivity index (χ1n) is 8.40. The summed E-state index contributed by atoms with van der Waals surface area (Å²) in [7, 11) is 0. The van der Waals surface area contributed by atoms with E-state index in [0.29, 0.717) is 29.0 Å². The molecular weight excluding hydrogens is 343 g/mol. The van der Waals surface area contributed by atoms with E-state index in [9.17, 15) is 18.0 Å². The van der Waals surface area contributed by atoms with Crippen molar-refractivity contribution >= 4 is 16.9 Å². The average molecular weight is 359 g/mol. The van der Waals surface area contributed by atoms with Gasteiger partial charge < -0.3 is 9.88 Å². The number of nitrogens with zero attached hydrogens (tertiary/aromatic N) is 2. The number of carbonyl (C=O) groups is 1. The predicted octanol–water partition coefficient (Wildman–Crippen LogP) is 3.89. The molecule has 0 spiro atoms. The van der Waals surface area contributed by atoms with Gasteiger partial charge in [0.05, 0.1) is 23.5 Å². The van der Waals surface area contributed by atoms with Gasteiger partial charge in [0.15, 0.2) is 11.6 Å². The maximum Gasteiger partial charge on any atom is 0.227 e. The van der Waals surface area contributed by atoms with Gasteiger partial charge in [0.1, 0.15) is 11.6 Å². The first kappa shape index (κ1) is 16.6. The van der Waals surface area contributed by atoms with E-state index >= 15 is 0 Å². The molecule has 7 heteroatoms. The van der Waals surface area contributed by atoms with Crippen LogP contribution in [0, 0.1) is 17.5 Å². The van der Waals surface area contributed by atoms with Gasteiger partial charge in [0.2, 0.25) is 5.91 Å². The monoisotopic (exact) mass is 359 g/mol. The smallest absolute Gasteiger partial charge is 0.227 e. The standard InChI is InChI=1S/C19H16F3N3O/c20-12-4-6-15-16(10-12)24-19(23-15)17-2-1-7-25(17)18(26)9-11-3-5-13(21)14(22)8-11/h3-6,8,10,17H,1-2,7,9H2,(H,23,24). The van der Waals surface area contributed by atoms with Crippen molar-refractivity contribution in [2.75, 3.05) is 6.54 Å². The Kier molecular flexibility index (Phi) is 4.14. The van der Waals surface area contributed by atoms with Gasteiger partial charge in [0.25, 0.3) is 0 Å². The number of halogens is 3. The topological polar surface area (TPSA) is 49.0 Å². The van der Waals surface area contributed by atoms with Crippen LogP contribution in [-0.4, -0.2) is 27.3 Å². The van der Waals surface area contributed by atoms with Crippen molar-refractivity contribution in [1.29, 1.82) is 0 Å². The second kappa shape index (κ2) is 6.48. The fourth-order valence-corrected chi connectivity index (χ4v) is 3.43. The molecule has 4 rings (SSSR count). The lowest BCUT2D eigenvalue weighted by molar-refractivity contribution is -0.131. The zero-order chi connectivity index (χ0) is 18.3. The molecule has 4 nitrogen and oxygen atoms in total. The molecule has 1 saturated heterocycles. The Morgan fingerprint density at radius 2 is 2.00 bits per heavy atom. The summed E-state index contributed by atoms with van der Waals surface area (Å²) in [6.07, 6.45) is 1.55. The van der Waals surface area contributed by atoms with E-state index in [1.807, 2.05) is 0 Å². The Morgan fingerprint density at radius 1 is 1.15 bits per heavy atom. The molecular formula is C19H16F3N3O. The van der Waals surface area contributed by atoms with E-state index in [1.165, 1.54) is 18.2 Å². The summed E-state index contributed by atoms with van der Waals surface area (Å²) in [5.41, 5.74) is 1.65. The third kappa shape index (κ3) is 3.05. The number of imidazole rings is 1. The Hall–Kier alpha value is -2.83. The summed E-state index contributed by atoms with van der Waals surface area (Å²) in [4.78, 5) is 21.9. The van der Waals surface area contributed by atoms with Crippen molar-refractivity contribution in [2.45, 2.75) is 25.3 Å². The average Bonchev–Trinajstić information content (AvgIpc) is 3.24. The number of fused-ring (bicyclic) bond motifs is 1. The number of H-pyrrole nitrogens is 1. The van der Waals surface area contributed by atoms with Crippen LogP contribution in [0.1, 0.15) is 30.3 Å². The quantitative estimate of drug-likeness (QED) is 0.771. The zero-order valence-corrected chi connectivity index (χ0v) is 13.8. The molecule has 2 aromatic carbocycles. The summed E-state index contributed by atoms with van der Waals surface area (Å²) in [5.74, 6) is -1.82. The Bertz CT molecular complexity index is 985. The van der Waals surface area contributed by atoms with Crippen LogP contribution in [0.25, 0.3) is 11.0 Å². The van der Waals surface area contributed by atoms with Gasteiger partial charge in [0, 0.05) is 6.54 Å². The molecule has 1 unspecified atom stereocenters. The van der Waals surface area contributed by atoms with E-state index < -0.39 is 11.6 Å². The lowest BCUT2D eigenvalue weighted by Gasteiger charge is -2.23. The van der Waals surface area contributed by atoms with Crippen LogP contribution in [0.3, 0.4) is 0 Å². The van der Waals surface area contributed by atoms with E-state index in [0.717, 1.165) is 25.0 Å². The number of carbonyl (C=O) groups excluding carboxylic acids is 1. The maximum absolute atomic E-state index is 13.4. The van der Waals surface area contributed by atoms with Gasteiger partial charge >= 0.3 is 0 Å². The molecule has 2 heterocycles. The molecule has 3 aromatic rings. The zero-order valence-electron chi connectivity index (χ0n) is 13.8. The second-order valence-corrected chi connectivity index (χ2v) is 6.45. The lowest BCUT2D eigenvalue weighted by Crippen LogP contribution is -2.32. The number of likely N-dealkylation sites (tertiary alicyclic amines) is 1. The minimum absolute atomic E-state index is 0.0114. The first-order chi connectivity index (χ1) is 12.5. The molecule has 1 aliphatic heterocycles. The molecule has 1 N–H and O–H groups in total. The van der Waals surface area contributed by atoms with Gasteiger partial charge in [-0.1, -0.05) is 6.07 Å². The molecule has 1 aromatic heterocycles. The summed E-state index contributed by atoms with van der Waals surface area (Å²) in [6.45, 7) is 0.568. The summed E-state index contributed by atoms with van der Waals surface area (Å²) in [6, 6.07) is 7.54. The lowest BCUT2D eigenvalue weighted by atomic mass is 10.1. The van der Waals surface area contributed by atoms with Crippen molar-refractivity contribution in [3.8, 4) is 0 Å². The number of aromatic nitrogens is 2. The van der Waals surface area contributed by atoms with Crippen LogP contribution >= 0.6 is 0 Å². The van der Waals surface area contributed by atoms with Crippen molar-refractivity contribution in [3.05, 3.63) is 65.2 Å². The molecule has 0 radical (unpaired) electrons. The summed E-state index contributed by atoms with van der Waals surface area (Å²) < 4.78 is 39.8. The van der Waals surface area contributed by atoms with Crippen LogP contribution in [0.15, 0.2) is 36.4 Å². The van der Waals surface area contributed by atoms with E-state index in [4.69, 9.17) is 0 Å². The fourth-order valence-electron chi connectivity index (χ4n) is 3.43. The number of benzene rings is 2. The van der Waals surface area contributed by atoms with Crippen LogP contribution < -0.4 is 0 Å². The molecule has 1 fully saturated rings. The van der Waals surface area contributed by atoms with Crippen LogP contribution in [0.5, 0.6) is 0 Å². The summed E-state index contributed by atoms with van der Waals surface area (Å²) >= 11 is 0.